The van der Waals surface area contributed by atoms with E-state index in [0.29, 0.717) is 23.3 Å². The van der Waals surface area contributed by atoms with Gasteiger partial charge in [-0.1, -0.05) is 12.8 Å². The summed E-state index contributed by atoms with van der Waals surface area (Å²) in [7, 11) is 1.00. The predicted octanol–water partition coefficient (Wildman–Crippen LogP) is 3.44. The van der Waals surface area contributed by atoms with Gasteiger partial charge in [-0.3, -0.25) is 4.90 Å². The average molecular weight is 470 g/mol. The van der Waals surface area contributed by atoms with Crippen LogP contribution in [0, 0.1) is 0 Å². The summed E-state index contributed by atoms with van der Waals surface area (Å²) in [5.74, 6) is 0.411. The van der Waals surface area contributed by atoms with Crippen molar-refractivity contribution in [1.29, 1.82) is 0 Å². The quantitative estimate of drug-likeness (QED) is 0.652. The number of fused-ring (bicyclic) bond motifs is 1. The number of amides is 1. The Balaban J connectivity index is 0.00000141. The van der Waals surface area contributed by atoms with Crippen LogP contribution in [-0.2, 0) is 9.47 Å². The summed E-state index contributed by atoms with van der Waals surface area (Å²) >= 11 is 6.28. The summed E-state index contributed by atoms with van der Waals surface area (Å²) in [6, 6.07) is -0.0149. The summed E-state index contributed by atoms with van der Waals surface area (Å²) in [6.45, 7) is 5.48. The van der Waals surface area contributed by atoms with Crippen LogP contribution in [0.2, 0.25) is 5.28 Å². The minimum absolute atomic E-state index is 0.0149. The van der Waals surface area contributed by atoms with Crippen LogP contribution in [0.15, 0.2) is 6.20 Å². The number of hydrogen-bond donors (Lipinski definition) is 2. The smallest absolute Gasteiger partial charge is 0.416 e. The molecule has 4 rings (SSSR count). The molecule has 0 bridgehead atoms. The first-order chi connectivity index (χ1) is 15.3. The van der Waals surface area contributed by atoms with Crippen LogP contribution in [0.1, 0.15) is 65.5 Å². The molecule has 3 heterocycles. The van der Waals surface area contributed by atoms with Crippen LogP contribution in [0.3, 0.4) is 0 Å². The second-order valence-electron chi connectivity index (χ2n) is 8.90. The van der Waals surface area contributed by atoms with Crippen LogP contribution >= 0.6 is 11.6 Å². The number of nitrogens with zero attached hydrogens (tertiary/aromatic N) is 5. The molecule has 0 radical (unpaired) electrons. The van der Waals surface area contributed by atoms with Gasteiger partial charge in [0, 0.05) is 13.2 Å². The van der Waals surface area contributed by atoms with Crippen molar-refractivity contribution >= 4 is 34.5 Å². The second kappa shape index (κ2) is 10.3. The number of carbonyl (C=O) groups excluding carboxylic acids is 1. The molecule has 32 heavy (non-hydrogen) atoms. The summed E-state index contributed by atoms with van der Waals surface area (Å²) in [4.78, 5) is 23.6. The monoisotopic (exact) mass is 469 g/mol. The number of halogens is 1. The Hall–Kier alpha value is -2.01. The molecule has 1 amide bonds. The van der Waals surface area contributed by atoms with Gasteiger partial charge in [-0.05, 0) is 58.1 Å². The SMILES string of the molecule is CC(C)(C)OC(=O)N(c1nc(Cl)nc2c1cnn2C1CCC(CO)O1)C1CCCC1.CO. The van der Waals surface area contributed by atoms with Gasteiger partial charge in [0.05, 0.1) is 24.3 Å². The molecule has 1 saturated heterocycles. The first kappa shape index (κ1) is 24.6. The molecule has 2 aliphatic rings. The van der Waals surface area contributed by atoms with Crippen molar-refractivity contribution in [1.82, 2.24) is 19.7 Å². The van der Waals surface area contributed by atoms with Gasteiger partial charge in [0.25, 0.3) is 0 Å². The Morgan fingerprint density at radius 1 is 1.25 bits per heavy atom. The van der Waals surface area contributed by atoms with Crippen molar-refractivity contribution in [2.75, 3.05) is 18.6 Å². The van der Waals surface area contributed by atoms with Gasteiger partial charge in [0.15, 0.2) is 17.7 Å². The maximum absolute atomic E-state index is 13.2. The van der Waals surface area contributed by atoms with E-state index in [1.54, 1.807) is 15.8 Å². The minimum Gasteiger partial charge on any atom is -0.443 e. The van der Waals surface area contributed by atoms with E-state index in [0.717, 1.165) is 39.2 Å². The van der Waals surface area contributed by atoms with Crippen LogP contribution in [0.25, 0.3) is 11.0 Å². The highest BCUT2D eigenvalue weighted by molar-refractivity contribution is 6.28. The number of rotatable bonds is 4. The molecule has 1 saturated carbocycles. The Labute approximate surface area is 192 Å². The number of carbonyl (C=O) groups is 1. The van der Waals surface area contributed by atoms with Gasteiger partial charge in [0.1, 0.15) is 5.60 Å². The lowest BCUT2D eigenvalue weighted by atomic mass is 10.2. The van der Waals surface area contributed by atoms with Gasteiger partial charge in [0.2, 0.25) is 5.28 Å². The average Bonchev–Trinajstić information content (AvgIpc) is 3.48. The van der Waals surface area contributed by atoms with E-state index in [-0.39, 0.29) is 30.3 Å². The third kappa shape index (κ3) is 5.31. The molecule has 178 valence electrons. The highest BCUT2D eigenvalue weighted by atomic mass is 35.5. The minimum atomic E-state index is -0.634. The van der Waals surface area contributed by atoms with E-state index in [4.69, 9.17) is 26.2 Å². The van der Waals surface area contributed by atoms with E-state index in [1.165, 1.54) is 0 Å². The molecule has 10 nitrogen and oxygen atoms in total. The molecule has 1 aliphatic carbocycles. The Bertz CT molecular complexity index is 925. The first-order valence-corrected chi connectivity index (χ1v) is 11.3. The van der Waals surface area contributed by atoms with Crippen molar-refractivity contribution in [3.05, 3.63) is 11.5 Å². The summed E-state index contributed by atoms with van der Waals surface area (Å²) in [5, 5.41) is 21.5. The predicted molar refractivity (Wildman–Crippen MR) is 120 cm³/mol. The number of aromatic nitrogens is 4. The molecular weight excluding hydrogens is 438 g/mol. The molecule has 2 unspecified atom stereocenters. The maximum Gasteiger partial charge on any atom is 0.416 e. The van der Waals surface area contributed by atoms with Crippen LogP contribution in [0.4, 0.5) is 10.6 Å². The first-order valence-electron chi connectivity index (χ1n) is 10.9. The third-order valence-electron chi connectivity index (χ3n) is 5.48. The van der Waals surface area contributed by atoms with Gasteiger partial charge >= 0.3 is 6.09 Å². The number of ether oxygens (including phenoxy) is 2. The van der Waals surface area contributed by atoms with E-state index < -0.39 is 11.7 Å². The number of hydrogen-bond acceptors (Lipinski definition) is 8. The van der Waals surface area contributed by atoms with Gasteiger partial charge in [-0.15, -0.1) is 0 Å². The third-order valence-corrected chi connectivity index (χ3v) is 5.65. The molecule has 0 aromatic carbocycles. The molecule has 2 aromatic rings. The lowest BCUT2D eigenvalue weighted by molar-refractivity contribution is -0.0262. The van der Waals surface area contributed by atoms with E-state index in [9.17, 15) is 9.90 Å². The van der Waals surface area contributed by atoms with Crippen molar-refractivity contribution in [3.8, 4) is 0 Å². The molecule has 1 aliphatic heterocycles. The Kier molecular flexibility index (Phi) is 7.92. The van der Waals surface area contributed by atoms with Gasteiger partial charge in [-0.25, -0.2) is 9.48 Å². The fourth-order valence-corrected chi connectivity index (χ4v) is 4.32. The standard InChI is InChI=1S/C20H28ClN5O4.CH4O/c1-20(2,3)30-19(28)25(12-6-4-5-7-12)16-14-10-22-26(17(14)24-18(21)23-16)15-9-8-13(11-27)29-15;1-2/h10,12-13,15,27H,4-9,11H2,1-3H3;2H,1H3. The molecule has 2 atom stereocenters. The van der Waals surface area contributed by atoms with Crippen molar-refractivity contribution in [3.63, 3.8) is 0 Å². The molecule has 2 fully saturated rings. The van der Waals surface area contributed by atoms with Gasteiger partial charge in [-0.2, -0.15) is 15.1 Å². The fourth-order valence-electron chi connectivity index (χ4n) is 4.16. The van der Waals surface area contributed by atoms with Crippen LogP contribution in [0.5, 0.6) is 0 Å². The zero-order valence-corrected chi connectivity index (χ0v) is 19.7. The van der Waals surface area contributed by atoms with E-state index in [1.807, 2.05) is 20.8 Å². The maximum atomic E-state index is 13.2. The van der Waals surface area contributed by atoms with E-state index in [2.05, 4.69) is 15.1 Å². The summed E-state index contributed by atoms with van der Waals surface area (Å²) in [6.07, 6.45) is 5.91. The molecule has 0 spiro atoms. The zero-order chi connectivity index (χ0) is 23.5. The number of aliphatic hydroxyl groups is 2. The molecule has 2 N–H and O–H groups in total. The Morgan fingerprint density at radius 2 is 1.94 bits per heavy atom. The second-order valence-corrected chi connectivity index (χ2v) is 9.24. The van der Waals surface area contributed by atoms with E-state index >= 15 is 0 Å². The summed E-state index contributed by atoms with van der Waals surface area (Å²) < 4.78 is 13.2. The Morgan fingerprint density at radius 3 is 2.53 bits per heavy atom. The highest BCUT2D eigenvalue weighted by Gasteiger charge is 2.35. The van der Waals surface area contributed by atoms with Gasteiger partial charge < -0.3 is 19.7 Å². The van der Waals surface area contributed by atoms with Crippen LogP contribution in [-0.4, -0.2) is 67.5 Å². The van der Waals surface area contributed by atoms with Crippen molar-refractivity contribution in [2.24, 2.45) is 0 Å². The van der Waals surface area contributed by atoms with Crippen molar-refractivity contribution < 1.29 is 24.5 Å². The topological polar surface area (TPSA) is 123 Å². The normalized spacial score (nSPS) is 21.5. The summed E-state index contributed by atoms with van der Waals surface area (Å²) in [5.41, 5.74) is -0.134. The largest absolute Gasteiger partial charge is 0.443 e. The molecular formula is C21H32ClN5O5. The number of aliphatic hydroxyl groups excluding tert-OH is 2. The van der Waals surface area contributed by atoms with Crippen molar-refractivity contribution in [2.45, 2.75) is 83.3 Å². The van der Waals surface area contributed by atoms with Crippen LogP contribution < -0.4 is 4.90 Å². The molecule has 11 heteroatoms. The lowest BCUT2D eigenvalue weighted by Crippen LogP contribution is -2.43. The number of anilines is 1. The highest BCUT2D eigenvalue weighted by Crippen LogP contribution is 2.36. The lowest BCUT2D eigenvalue weighted by Gasteiger charge is -2.31. The molecule has 2 aromatic heterocycles. The zero-order valence-electron chi connectivity index (χ0n) is 19.0. The fraction of sp³-hybridized carbons (Fsp3) is 0.714.